The highest BCUT2D eigenvalue weighted by atomic mass is 14.8. The summed E-state index contributed by atoms with van der Waals surface area (Å²) in [4.78, 5) is 0. The molecular formula is C9H19N. The van der Waals surface area contributed by atoms with Gasteiger partial charge < -0.3 is 5.32 Å². The first kappa shape index (κ1) is 12.0. The molecule has 0 amide bonds. The monoisotopic (exact) mass is 141 g/mol. The molecule has 0 rings (SSSR count). The third-order valence-corrected chi connectivity index (χ3v) is 0.933. The summed E-state index contributed by atoms with van der Waals surface area (Å²) in [6.45, 7) is 8.03. The van der Waals surface area contributed by atoms with Crippen LogP contribution >= 0.6 is 0 Å². The van der Waals surface area contributed by atoms with Crippen molar-refractivity contribution < 1.29 is 0 Å². The highest BCUT2D eigenvalue weighted by molar-refractivity contribution is 5.07. The van der Waals surface area contributed by atoms with Gasteiger partial charge in [-0.2, -0.15) is 0 Å². The summed E-state index contributed by atoms with van der Waals surface area (Å²) < 4.78 is 0. The van der Waals surface area contributed by atoms with Crippen LogP contribution in [0.25, 0.3) is 0 Å². The van der Waals surface area contributed by atoms with E-state index < -0.39 is 0 Å². The van der Waals surface area contributed by atoms with Crippen LogP contribution in [-0.4, -0.2) is 7.05 Å². The molecule has 0 aromatic heterocycles. The number of hydrogen-bond donors (Lipinski definition) is 1. The van der Waals surface area contributed by atoms with Crippen LogP contribution in [0.5, 0.6) is 0 Å². The van der Waals surface area contributed by atoms with E-state index in [0.717, 1.165) is 0 Å². The van der Waals surface area contributed by atoms with Crippen LogP contribution in [0.15, 0.2) is 23.9 Å². The Bertz CT molecular complexity index is 101. The first-order valence-corrected chi connectivity index (χ1v) is 3.78. The molecule has 0 aliphatic rings. The Kier molecular flexibility index (Phi) is 13.4. The molecule has 0 heterocycles. The van der Waals surface area contributed by atoms with Gasteiger partial charge >= 0.3 is 0 Å². The summed E-state index contributed by atoms with van der Waals surface area (Å²) in [6.07, 6.45) is 6.03. The van der Waals surface area contributed by atoms with Gasteiger partial charge in [-0.05, 0) is 19.9 Å². The predicted molar refractivity (Wildman–Crippen MR) is 49.0 cm³/mol. The molecule has 0 atom stereocenters. The van der Waals surface area contributed by atoms with Crippen molar-refractivity contribution >= 4 is 0 Å². The lowest BCUT2D eigenvalue weighted by Crippen LogP contribution is -1.99. The fraction of sp³-hybridized carbons (Fsp3) is 0.556. The van der Waals surface area contributed by atoms with Gasteiger partial charge in [0.1, 0.15) is 0 Å². The highest BCUT2D eigenvalue weighted by Gasteiger charge is 1.72. The number of allylic oxidation sites excluding steroid dienone is 4. The highest BCUT2D eigenvalue weighted by Crippen LogP contribution is 1.83. The Hall–Kier alpha value is -0.720. The topological polar surface area (TPSA) is 12.0 Å². The molecule has 0 unspecified atom stereocenters. The zero-order valence-electron chi connectivity index (χ0n) is 7.73. The zero-order chi connectivity index (χ0) is 8.41. The molecule has 1 N–H and O–H groups in total. The Labute approximate surface area is 64.8 Å². The largest absolute Gasteiger partial charge is 0.392 e. The Balaban J connectivity index is 0. The molecule has 0 aliphatic heterocycles. The molecule has 0 aromatic carbocycles. The second-order valence-corrected chi connectivity index (χ2v) is 1.63. The summed E-state index contributed by atoms with van der Waals surface area (Å²) in [5.74, 6) is 0. The molecule has 10 heavy (non-hydrogen) atoms. The van der Waals surface area contributed by atoms with Crippen molar-refractivity contribution in [3.8, 4) is 0 Å². The van der Waals surface area contributed by atoms with Crippen LogP contribution in [-0.2, 0) is 0 Å². The van der Waals surface area contributed by atoms with Crippen LogP contribution in [0, 0.1) is 0 Å². The molecule has 0 saturated heterocycles. The Morgan fingerprint density at radius 2 is 1.80 bits per heavy atom. The van der Waals surface area contributed by atoms with E-state index in [1.54, 1.807) is 0 Å². The second kappa shape index (κ2) is 11.1. The summed E-state index contributed by atoms with van der Waals surface area (Å²) >= 11 is 0. The lowest BCUT2D eigenvalue weighted by atomic mass is 10.4. The minimum absolute atomic E-state index is 1.18. The fourth-order valence-corrected chi connectivity index (χ4v) is 0.324. The third kappa shape index (κ3) is 10.3. The van der Waals surface area contributed by atoms with E-state index in [1.807, 2.05) is 53.0 Å². The SMILES string of the molecule is C/C=C\C=C(\C)NC.CC. The molecule has 0 radical (unpaired) electrons. The minimum atomic E-state index is 1.18. The fourth-order valence-electron chi connectivity index (χ4n) is 0.324. The van der Waals surface area contributed by atoms with Crippen molar-refractivity contribution in [3.05, 3.63) is 23.9 Å². The standard InChI is InChI=1S/C7H13N.C2H6/c1-4-5-6-7(2)8-3;1-2/h4-6,8H,1-3H3;1-2H3/b5-4-,7-6-;. The first-order chi connectivity index (χ1) is 4.81. The maximum atomic E-state index is 3.01. The van der Waals surface area contributed by atoms with Crippen molar-refractivity contribution in [2.75, 3.05) is 7.05 Å². The van der Waals surface area contributed by atoms with Gasteiger partial charge in [-0.15, -0.1) is 0 Å². The van der Waals surface area contributed by atoms with Gasteiger partial charge in [-0.1, -0.05) is 26.0 Å². The molecule has 0 fully saturated rings. The Morgan fingerprint density at radius 1 is 1.30 bits per heavy atom. The van der Waals surface area contributed by atoms with E-state index in [0.29, 0.717) is 0 Å². The van der Waals surface area contributed by atoms with Crippen LogP contribution in [0.2, 0.25) is 0 Å². The van der Waals surface area contributed by atoms with E-state index in [2.05, 4.69) is 5.32 Å². The predicted octanol–water partition coefficient (Wildman–Crippen LogP) is 2.71. The van der Waals surface area contributed by atoms with Crippen molar-refractivity contribution in [1.29, 1.82) is 0 Å². The molecular weight excluding hydrogens is 122 g/mol. The summed E-state index contributed by atoms with van der Waals surface area (Å²) in [5, 5.41) is 3.01. The first-order valence-electron chi connectivity index (χ1n) is 3.78. The minimum Gasteiger partial charge on any atom is -0.392 e. The van der Waals surface area contributed by atoms with Gasteiger partial charge in [0, 0.05) is 12.7 Å². The van der Waals surface area contributed by atoms with E-state index in [9.17, 15) is 0 Å². The van der Waals surface area contributed by atoms with Crippen molar-refractivity contribution in [1.82, 2.24) is 5.32 Å². The van der Waals surface area contributed by atoms with Gasteiger partial charge in [0.15, 0.2) is 0 Å². The van der Waals surface area contributed by atoms with Gasteiger partial charge in [0.2, 0.25) is 0 Å². The molecule has 0 bridgehead atoms. The summed E-state index contributed by atoms with van der Waals surface area (Å²) in [6, 6.07) is 0. The third-order valence-electron chi connectivity index (χ3n) is 0.933. The smallest absolute Gasteiger partial charge is 0.00723 e. The summed E-state index contributed by atoms with van der Waals surface area (Å²) in [7, 11) is 1.91. The average molecular weight is 141 g/mol. The van der Waals surface area contributed by atoms with Gasteiger partial charge in [0.05, 0.1) is 0 Å². The number of nitrogens with one attached hydrogen (secondary N) is 1. The van der Waals surface area contributed by atoms with E-state index in [-0.39, 0.29) is 0 Å². The van der Waals surface area contributed by atoms with E-state index in [1.165, 1.54) is 5.70 Å². The maximum absolute atomic E-state index is 3.01. The molecule has 60 valence electrons. The molecule has 0 spiro atoms. The Morgan fingerprint density at radius 3 is 2.10 bits per heavy atom. The number of rotatable bonds is 2. The normalized spacial score (nSPS) is 10.7. The van der Waals surface area contributed by atoms with Crippen LogP contribution < -0.4 is 5.32 Å². The zero-order valence-corrected chi connectivity index (χ0v) is 7.73. The quantitative estimate of drug-likeness (QED) is 0.583. The molecule has 0 aliphatic carbocycles. The van der Waals surface area contributed by atoms with Crippen molar-refractivity contribution in [2.45, 2.75) is 27.7 Å². The molecule has 1 heteroatoms. The average Bonchev–Trinajstić information content (AvgIpc) is 2.04. The van der Waals surface area contributed by atoms with E-state index >= 15 is 0 Å². The van der Waals surface area contributed by atoms with Crippen LogP contribution in [0.1, 0.15) is 27.7 Å². The van der Waals surface area contributed by atoms with Gasteiger partial charge in [-0.3, -0.25) is 0 Å². The van der Waals surface area contributed by atoms with Gasteiger partial charge in [-0.25, -0.2) is 0 Å². The lowest BCUT2D eigenvalue weighted by Gasteiger charge is -1.92. The summed E-state index contributed by atoms with van der Waals surface area (Å²) in [5.41, 5.74) is 1.18. The second-order valence-electron chi connectivity index (χ2n) is 1.63. The van der Waals surface area contributed by atoms with Crippen LogP contribution in [0.3, 0.4) is 0 Å². The van der Waals surface area contributed by atoms with Gasteiger partial charge in [0.25, 0.3) is 0 Å². The maximum Gasteiger partial charge on any atom is 0.00723 e. The lowest BCUT2D eigenvalue weighted by molar-refractivity contribution is 0.990. The van der Waals surface area contributed by atoms with Crippen molar-refractivity contribution in [2.24, 2.45) is 0 Å². The molecule has 0 saturated carbocycles. The number of hydrogen-bond acceptors (Lipinski definition) is 1. The van der Waals surface area contributed by atoms with Crippen LogP contribution in [0.4, 0.5) is 0 Å². The van der Waals surface area contributed by atoms with E-state index in [4.69, 9.17) is 0 Å². The molecule has 0 aromatic rings. The molecule has 1 nitrogen and oxygen atoms in total. The van der Waals surface area contributed by atoms with Crippen molar-refractivity contribution in [3.63, 3.8) is 0 Å².